The van der Waals surface area contributed by atoms with Crippen LogP contribution in [0.15, 0.2) is 0 Å². The molecule has 0 fully saturated rings. The summed E-state index contributed by atoms with van der Waals surface area (Å²) in [5.41, 5.74) is 0. The van der Waals surface area contributed by atoms with Crippen LogP contribution >= 0.6 is 0 Å². The van der Waals surface area contributed by atoms with Crippen molar-refractivity contribution in [3.05, 3.63) is 0 Å². The van der Waals surface area contributed by atoms with Gasteiger partial charge in [0.1, 0.15) is 0 Å². The minimum atomic E-state index is -4.91. The fraction of sp³-hybridized carbons (Fsp3) is 0.667. The summed E-state index contributed by atoms with van der Waals surface area (Å²) in [6, 6.07) is -1.70. The van der Waals surface area contributed by atoms with E-state index in [0.29, 0.717) is 0 Å². The lowest BCUT2D eigenvalue weighted by molar-refractivity contribution is -0.325. The molecule has 0 aliphatic heterocycles. The Balaban J connectivity index is 4.11. The highest BCUT2D eigenvalue weighted by molar-refractivity contribution is 5.82. The zero-order valence-corrected chi connectivity index (χ0v) is 7.09. The van der Waals surface area contributed by atoms with Crippen LogP contribution in [0.4, 0.5) is 13.2 Å². The molecule has 0 heterocycles. The fourth-order valence-corrected chi connectivity index (χ4v) is 0.598. The van der Waals surface area contributed by atoms with Crippen molar-refractivity contribution in [2.24, 2.45) is 0 Å². The summed E-state index contributed by atoms with van der Waals surface area (Å²) in [5.74, 6) is -2.34. The molecule has 8 heteroatoms. The van der Waals surface area contributed by atoms with E-state index in [4.69, 9.17) is 5.11 Å². The molecule has 0 saturated carbocycles. The molecule has 0 saturated heterocycles. The first-order chi connectivity index (χ1) is 6.22. The third-order valence-electron chi connectivity index (χ3n) is 1.09. The van der Waals surface area contributed by atoms with Crippen molar-refractivity contribution in [3.63, 3.8) is 0 Å². The van der Waals surface area contributed by atoms with Gasteiger partial charge < -0.3 is 10.4 Å². The molecule has 0 radical (unpaired) electrons. The summed E-state index contributed by atoms with van der Waals surface area (Å²) in [4.78, 5) is 20.7. The highest BCUT2D eigenvalue weighted by atomic mass is 19.4. The molecule has 0 aromatic rings. The van der Waals surface area contributed by atoms with Crippen molar-refractivity contribution in [3.8, 4) is 0 Å². The minimum Gasteiger partial charge on any atom is -0.480 e. The molecule has 14 heavy (non-hydrogen) atoms. The van der Waals surface area contributed by atoms with Gasteiger partial charge in [0.25, 0.3) is 0 Å². The van der Waals surface area contributed by atoms with Gasteiger partial charge in [-0.2, -0.15) is 0 Å². The van der Waals surface area contributed by atoms with Crippen LogP contribution in [0, 0.1) is 0 Å². The Kier molecular flexibility index (Phi) is 4.35. The van der Waals surface area contributed by atoms with Crippen molar-refractivity contribution >= 4 is 11.9 Å². The highest BCUT2D eigenvalue weighted by Gasteiger charge is 2.32. The molecular formula is C6H8F3NO4. The van der Waals surface area contributed by atoms with Gasteiger partial charge in [-0.15, -0.1) is 13.2 Å². The molecule has 0 aliphatic rings. The fourth-order valence-electron chi connectivity index (χ4n) is 0.598. The number of ether oxygens (including phenoxy) is 1. The Labute approximate surface area is 76.8 Å². The van der Waals surface area contributed by atoms with Gasteiger partial charge in [0.2, 0.25) is 5.91 Å². The number of carbonyl (C=O) groups is 2. The van der Waals surface area contributed by atoms with E-state index in [0.717, 1.165) is 6.92 Å². The second kappa shape index (κ2) is 4.80. The van der Waals surface area contributed by atoms with E-state index in [2.05, 4.69) is 4.74 Å². The van der Waals surface area contributed by atoms with Gasteiger partial charge in [-0.1, -0.05) is 0 Å². The van der Waals surface area contributed by atoms with Gasteiger partial charge in [0, 0.05) is 6.92 Å². The van der Waals surface area contributed by atoms with E-state index in [1.807, 2.05) is 0 Å². The normalized spacial score (nSPS) is 13.4. The first-order valence-electron chi connectivity index (χ1n) is 3.43. The Morgan fingerprint density at radius 1 is 1.50 bits per heavy atom. The number of hydrogen-bond donors (Lipinski definition) is 2. The van der Waals surface area contributed by atoms with E-state index in [1.165, 1.54) is 0 Å². The molecule has 0 aromatic heterocycles. The molecule has 1 atom stereocenters. The Hall–Kier alpha value is -1.31. The SMILES string of the molecule is CC(=O)N[C@@H](COC(F)(F)F)C(=O)O. The van der Waals surface area contributed by atoms with Crippen molar-refractivity contribution in [2.75, 3.05) is 6.61 Å². The molecule has 0 aliphatic carbocycles. The molecule has 1 amide bonds. The van der Waals surface area contributed by atoms with Crippen molar-refractivity contribution in [2.45, 2.75) is 19.3 Å². The monoisotopic (exact) mass is 215 g/mol. The zero-order chi connectivity index (χ0) is 11.4. The second-order valence-corrected chi connectivity index (χ2v) is 2.35. The maximum atomic E-state index is 11.5. The molecule has 0 aromatic carbocycles. The van der Waals surface area contributed by atoms with Crippen LogP contribution in [-0.2, 0) is 14.3 Å². The largest absolute Gasteiger partial charge is 0.522 e. The predicted molar refractivity (Wildman–Crippen MR) is 37.2 cm³/mol. The molecule has 0 rings (SSSR count). The van der Waals surface area contributed by atoms with Crippen molar-refractivity contribution in [1.29, 1.82) is 0 Å². The maximum absolute atomic E-state index is 11.5. The van der Waals surface area contributed by atoms with E-state index >= 15 is 0 Å². The van der Waals surface area contributed by atoms with Gasteiger partial charge in [-0.25, -0.2) is 4.79 Å². The number of amides is 1. The maximum Gasteiger partial charge on any atom is 0.522 e. The third-order valence-corrected chi connectivity index (χ3v) is 1.09. The molecule has 0 spiro atoms. The summed E-state index contributed by atoms with van der Waals surface area (Å²) < 4.78 is 37.7. The van der Waals surface area contributed by atoms with Gasteiger partial charge >= 0.3 is 12.3 Å². The average Bonchev–Trinajstić information content (AvgIpc) is 1.94. The van der Waals surface area contributed by atoms with Crippen LogP contribution in [0.2, 0.25) is 0 Å². The molecule has 0 bridgehead atoms. The van der Waals surface area contributed by atoms with Crippen LogP contribution in [0.5, 0.6) is 0 Å². The standard InChI is InChI=1S/C6H8F3NO4/c1-3(11)10-4(5(12)13)2-14-6(7,8)9/h4H,2H2,1H3,(H,10,11)(H,12,13)/t4-/m0/s1. The topological polar surface area (TPSA) is 75.6 Å². The van der Waals surface area contributed by atoms with Gasteiger partial charge in [0.05, 0.1) is 6.61 Å². The molecule has 2 N–H and O–H groups in total. The van der Waals surface area contributed by atoms with E-state index in [1.54, 1.807) is 5.32 Å². The van der Waals surface area contributed by atoms with Gasteiger partial charge in [-0.3, -0.25) is 9.53 Å². The van der Waals surface area contributed by atoms with Crippen LogP contribution in [0.1, 0.15) is 6.92 Å². The highest BCUT2D eigenvalue weighted by Crippen LogP contribution is 2.16. The lowest BCUT2D eigenvalue weighted by atomic mass is 10.3. The van der Waals surface area contributed by atoms with Crippen LogP contribution in [0.25, 0.3) is 0 Å². The number of carboxylic acid groups (broad SMARTS) is 1. The molecule has 0 unspecified atom stereocenters. The molecule has 5 nitrogen and oxygen atoms in total. The van der Waals surface area contributed by atoms with Gasteiger partial charge in [0.15, 0.2) is 6.04 Å². The number of nitrogens with one attached hydrogen (secondary N) is 1. The van der Waals surface area contributed by atoms with Crippen LogP contribution in [-0.4, -0.2) is 36.0 Å². The summed E-state index contributed by atoms with van der Waals surface area (Å²) in [6.45, 7) is -0.165. The quantitative estimate of drug-likeness (QED) is 0.698. The summed E-state index contributed by atoms with van der Waals surface area (Å²) in [5, 5.41) is 10.1. The van der Waals surface area contributed by atoms with E-state index in [9.17, 15) is 22.8 Å². The van der Waals surface area contributed by atoms with Crippen molar-refractivity contribution in [1.82, 2.24) is 5.32 Å². The smallest absolute Gasteiger partial charge is 0.480 e. The number of carbonyl (C=O) groups excluding carboxylic acids is 1. The number of aliphatic carboxylic acids is 1. The summed E-state index contributed by atoms with van der Waals surface area (Å²) in [6.07, 6.45) is -4.91. The number of halogens is 3. The number of hydrogen-bond acceptors (Lipinski definition) is 3. The number of alkyl halides is 3. The second-order valence-electron chi connectivity index (χ2n) is 2.35. The van der Waals surface area contributed by atoms with Gasteiger partial charge in [-0.05, 0) is 0 Å². The first kappa shape index (κ1) is 12.7. The number of rotatable bonds is 4. The minimum absolute atomic E-state index is 0.747. The molecule has 82 valence electrons. The van der Waals surface area contributed by atoms with E-state index < -0.39 is 30.9 Å². The summed E-state index contributed by atoms with van der Waals surface area (Å²) in [7, 11) is 0. The number of carboxylic acids is 1. The summed E-state index contributed by atoms with van der Waals surface area (Å²) >= 11 is 0. The lowest BCUT2D eigenvalue weighted by Crippen LogP contribution is -2.44. The third kappa shape index (κ3) is 6.23. The average molecular weight is 215 g/mol. The van der Waals surface area contributed by atoms with E-state index in [-0.39, 0.29) is 0 Å². The van der Waals surface area contributed by atoms with Crippen LogP contribution in [0.3, 0.4) is 0 Å². The lowest BCUT2D eigenvalue weighted by Gasteiger charge is -2.14. The zero-order valence-electron chi connectivity index (χ0n) is 7.09. The van der Waals surface area contributed by atoms with Crippen LogP contribution < -0.4 is 5.32 Å². The Bertz CT molecular complexity index is 228. The Morgan fingerprint density at radius 3 is 2.29 bits per heavy atom. The van der Waals surface area contributed by atoms with Crippen molar-refractivity contribution < 1.29 is 32.6 Å². The Morgan fingerprint density at radius 2 is 2.00 bits per heavy atom. The predicted octanol–water partition coefficient (Wildman–Crippen LogP) is 0.112. The molecular weight excluding hydrogens is 207 g/mol. The first-order valence-corrected chi connectivity index (χ1v) is 3.43.